The van der Waals surface area contributed by atoms with Crippen LogP contribution >= 0.6 is 11.6 Å². The fourth-order valence-electron chi connectivity index (χ4n) is 1.92. The number of hydrogen-bond acceptors (Lipinski definition) is 7. The Bertz CT molecular complexity index is 484. The summed E-state index contributed by atoms with van der Waals surface area (Å²) >= 11 is 5.94. The second-order valence-electron chi connectivity index (χ2n) is 4.61. The minimum Gasteiger partial charge on any atom is -0.378 e. The summed E-state index contributed by atoms with van der Waals surface area (Å²) in [5.41, 5.74) is 0. The molecule has 0 radical (unpaired) electrons. The fraction of sp³-hybridized carbons (Fsp3) is 0.727. The summed E-state index contributed by atoms with van der Waals surface area (Å²) in [5, 5.41) is 3.24. The summed E-state index contributed by atoms with van der Waals surface area (Å²) < 4.78 is 16.5. The van der Waals surface area contributed by atoms with Gasteiger partial charge in [-0.25, -0.2) is 0 Å². The minimum atomic E-state index is -0.878. The number of hydrogen-bond donors (Lipinski definition) is 1. The first-order chi connectivity index (χ1) is 9.54. The van der Waals surface area contributed by atoms with Crippen molar-refractivity contribution in [1.82, 2.24) is 15.0 Å². The van der Waals surface area contributed by atoms with Crippen LogP contribution in [0.4, 0.5) is 11.9 Å². The van der Waals surface area contributed by atoms with E-state index in [0.717, 1.165) is 13.1 Å². The summed E-state index contributed by atoms with van der Waals surface area (Å²) in [5.74, 6) is 1.47. The number of morpholine rings is 1. The normalized spacial score (nSPS) is 18.6. The third-order valence-corrected chi connectivity index (χ3v) is 3.89. The molecule has 1 saturated heterocycles. The van der Waals surface area contributed by atoms with Crippen LogP contribution < -0.4 is 10.2 Å². The number of nitrogens with zero attached hydrogens (tertiary/aromatic N) is 4. The van der Waals surface area contributed by atoms with E-state index in [1.54, 1.807) is 6.26 Å². The van der Waals surface area contributed by atoms with Gasteiger partial charge in [0.2, 0.25) is 17.2 Å². The molecule has 2 atom stereocenters. The van der Waals surface area contributed by atoms with Crippen LogP contribution in [0.15, 0.2) is 0 Å². The molecule has 0 aromatic carbocycles. The highest BCUT2D eigenvalue weighted by Gasteiger charge is 2.16. The van der Waals surface area contributed by atoms with Gasteiger partial charge < -0.3 is 15.0 Å². The number of anilines is 2. The zero-order valence-electron chi connectivity index (χ0n) is 11.5. The van der Waals surface area contributed by atoms with Crippen molar-refractivity contribution in [3.63, 3.8) is 0 Å². The predicted octanol–water partition coefficient (Wildman–Crippen LogP) is 0.540. The number of nitrogens with one attached hydrogen (secondary N) is 1. The molecule has 1 aromatic heterocycles. The maximum absolute atomic E-state index is 11.2. The quantitative estimate of drug-likeness (QED) is 0.848. The Balaban J connectivity index is 2.09. The predicted molar refractivity (Wildman–Crippen MR) is 79.9 cm³/mol. The number of halogens is 1. The molecule has 0 saturated carbocycles. The highest BCUT2D eigenvalue weighted by molar-refractivity contribution is 7.84. The van der Waals surface area contributed by atoms with Crippen LogP contribution in [0, 0.1) is 0 Å². The molecule has 1 aliphatic rings. The third-order valence-electron chi connectivity index (χ3n) is 2.75. The minimum absolute atomic E-state index is 0.00293. The maximum atomic E-state index is 11.2. The van der Waals surface area contributed by atoms with E-state index in [9.17, 15) is 4.21 Å². The van der Waals surface area contributed by atoms with Crippen molar-refractivity contribution >= 4 is 34.3 Å². The summed E-state index contributed by atoms with van der Waals surface area (Å²) in [4.78, 5) is 14.6. The van der Waals surface area contributed by atoms with Gasteiger partial charge in [-0.2, -0.15) is 15.0 Å². The van der Waals surface area contributed by atoms with Crippen LogP contribution in [0.25, 0.3) is 0 Å². The molecule has 0 bridgehead atoms. The van der Waals surface area contributed by atoms with E-state index in [1.165, 1.54) is 0 Å². The molecule has 1 fully saturated rings. The van der Waals surface area contributed by atoms with E-state index < -0.39 is 10.8 Å². The largest absolute Gasteiger partial charge is 0.378 e. The van der Waals surface area contributed by atoms with Crippen LogP contribution in [-0.2, 0) is 15.5 Å². The van der Waals surface area contributed by atoms with E-state index in [0.29, 0.717) is 30.9 Å². The number of rotatable bonds is 5. The Morgan fingerprint density at radius 2 is 2.10 bits per heavy atom. The van der Waals surface area contributed by atoms with Crippen molar-refractivity contribution in [1.29, 1.82) is 0 Å². The Morgan fingerprint density at radius 1 is 1.40 bits per heavy atom. The van der Waals surface area contributed by atoms with E-state index in [-0.39, 0.29) is 11.3 Å². The molecule has 2 unspecified atom stereocenters. The highest BCUT2D eigenvalue weighted by atomic mass is 35.5. The molecule has 9 heteroatoms. The summed E-state index contributed by atoms with van der Waals surface area (Å²) in [6, 6.07) is -0.00293. The lowest BCUT2D eigenvalue weighted by atomic mass is 10.4. The van der Waals surface area contributed by atoms with Gasteiger partial charge in [0, 0.05) is 41.9 Å². The van der Waals surface area contributed by atoms with Gasteiger partial charge in [0.25, 0.3) is 0 Å². The first kappa shape index (κ1) is 15.4. The van der Waals surface area contributed by atoms with Crippen LogP contribution in [0.5, 0.6) is 0 Å². The molecule has 1 N–H and O–H groups in total. The number of ether oxygens (including phenoxy) is 1. The Morgan fingerprint density at radius 3 is 2.75 bits per heavy atom. The maximum Gasteiger partial charge on any atom is 0.231 e. The summed E-state index contributed by atoms with van der Waals surface area (Å²) in [6.45, 7) is 4.69. The molecular formula is C11H18ClN5O2S. The van der Waals surface area contributed by atoms with Crippen molar-refractivity contribution in [2.45, 2.75) is 13.0 Å². The van der Waals surface area contributed by atoms with Crippen LogP contribution in [0.2, 0.25) is 5.28 Å². The second-order valence-corrected chi connectivity index (χ2v) is 6.43. The van der Waals surface area contributed by atoms with Gasteiger partial charge >= 0.3 is 0 Å². The SMILES string of the molecule is CC(CS(C)=O)Nc1nc(Cl)nc(N2CCOCC2)n1. The first-order valence-electron chi connectivity index (χ1n) is 6.35. The van der Waals surface area contributed by atoms with E-state index >= 15 is 0 Å². The van der Waals surface area contributed by atoms with Gasteiger partial charge in [0.05, 0.1) is 13.2 Å². The smallest absolute Gasteiger partial charge is 0.231 e. The van der Waals surface area contributed by atoms with Crippen LogP contribution in [-0.4, -0.2) is 63.5 Å². The third kappa shape index (κ3) is 4.53. The monoisotopic (exact) mass is 319 g/mol. The van der Waals surface area contributed by atoms with Crippen molar-refractivity contribution in [2.24, 2.45) is 0 Å². The average molecular weight is 320 g/mol. The standard InChI is InChI=1S/C11H18ClN5O2S/c1-8(7-20(2)18)13-10-14-9(12)15-11(16-10)17-3-5-19-6-4-17/h8H,3-7H2,1-2H3,(H,13,14,15,16). The van der Waals surface area contributed by atoms with E-state index in [2.05, 4.69) is 20.3 Å². The van der Waals surface area contributed by atoms with Gasteiger partial charge in [0.15, 0.2) is 0 Å². The molecule has 2 rings (SSSR count). The van der Waals surface area contributed by atoms with Crippen LogP contribution in [0.1, 0.15) is 6.92 Å². The van der Waals surface area contributed by atoms with Crippen molar-refractivity contribution in [3.8, 4) is 0 Å². The second kappa shape index (κ2) is 7.14. The van der Waals surface area contributed by atoms with E-state index in [4.69, 9.17) is 16.3 Å². The zero-order chi connectivity index (χ0) is 14.5. The molecule has 1 aliphatic heterocycles. The lowest BCUT2D eigenvalue weighted by Crippen LogP contribution is -2.37. The van der Waals surface area contributed by atoms with Crippen LogP contribution in [0.3, 0.4) is 0 Å². The molecule has 112 valence electrons. The summed E-state index contributed by atoms with van der Waals surface area (Å²) in [6.07, 6.45) is 1.66. The Kier molecular flexibility index (Phi) is 5.50. The molecule has 2 heterocycles. The average Bonchev–Trinajstić information content (AvgIpc) is 2.38. The zero-order valence-corrected chi connectivity index (χ0v) is 13.1. The molecule has 0 spiro atoms. The Labute approximate surface area is 125 Å². The Hall–Kier alpha value is -0.990. The molecule has 0 amide bonds. The van der Waals surface area contributed by atoms with Gasteiger partial charge in [-0.1, -0.05) is 0 Å². The number of aromatic nitrogens is 3. The fourth-order valence-corrected chi connectivity index (χ4v) is 2.87. The van der Waals surface area contributed by atoms with Gasteiger partial charge in [0.1, 0.15) is 0 Å². The van der Waals surface area contributed by atoms with Gasteiger partial charge in [-0.05, 0) is 18.5 Å². The molecule has 0 aliphatic carbocycles. The van der Waals surface area contributed by atoms with Crippen molar-refractivity contribution in [2.75, 3.05) is 48.5 Å². The van der Waals surface area contributed by atoms with Gasteiger partial charge in [-0.15, -0.1) is 0 Å². The highest BCUT2D eigenvalue weighted by Crippen LogP contribution is 2.15. The summed E-state index contributed by atoms with van der Waals surface area (Å²) in [7, 11) is -0.878. The molecule has 7 nitrogen and oxygen atoms in total. The molecule has 1 aromatic rings. The van der Waals surface area contributed by atoms with Crippen molar-refractivity contribution in [3.05, 3.63) is 5.28 Å². The lowest BCUT2D eigenvalue weighted by molar-refractivity contribution is 0.122. The first-order valence-corrected chi connectivity index (χ1v) is 8.46. The topological polar surface area (TPSA) is 80.2 Å². The van der Waals surface area contributed by atoms with E-state index in [1.807, 2.05) is 11.8 Å². The lowest BCUT2D eigenvalue weighted by Gasteiger charge is -2.27. The molecular weight excluding hydrogens is 302 g/mol. The van der Waals surface area contributed by atoms with Gasteiger partial charge in [-0.3, -0.25) is 4.21 Å². The van der Waals surface area contributed by atoms with Crippen molar-refractivity contribution < 1.29 is 8.95 Å². The molecule has 20 heavy (non-hydrogen) atoms.